The predicted octanol–water partition coefficient (Wildman–Crippen LogP) is 14.6. The van der Waals surface area contributed by atoms with Gasteiger partial charge in [-0.1, -0.05) is 183 Å². The van der Waals surface area contributed by atoms with Gasteiger partial charge in [-0.3, -0.25) is 0 Å². The van der Waals surface area contributed by atoms with Gasteiger partial charge in [0, 0.05) is 22.1 Å². The van der Waals surface area contributed by atoms with Crippen LogP contribution in [0.2, 0.25) is 0 Å². The lowest BCUT2D eigenvalue weighted by Gasteiger charge is -2.36. The summed E-state index contributed by atoms with van der Waals surface area (Å²) >= 11 is 0. The van der Waals surface area contributed by atoms with Gasteiger partial charge in [-0.25, -0.2) is 15.0 Å². The van der Waals surface area contributed by atoms with Crippen molar-refractivity contribution in [2.75, 3.05) is 0 Å². The molecule has 1 heterocycles. The molecule has 11 rings (SSSR count). The van der Waals surface area contributed by atoms with Gasteiger partial charge in [0.25, 0.3) is 0 Å². The van der Waals surface area contributed by atoms with Gasteiger partial charge in [0.05, 0.1) is 11.6 Å². The SMILES string of the molecule is N#Cc1ccc2c(c1)C1(CCCCC1)c1cccc(-c3cccc(-c4cccc(-c5cccc(-c6nc(-c7ccccc7)nc(-c7ccc(-c8ccccc8)cc7)n6)c5)c4)c3)c1-2. The minimum absolute atomic E-state index is 0.0214. The van der Waals surface area contributed by atoms with E-state index in [1.807, 2.05) is 42.5 Å². The first-order valence-electron chi connectivity index (χ1n) is 21.6. The summed E-state index contributed by atoms with van der Waals surface area (Å²) in [4.78, 5) is 15.1. The fraction of sp³-hybridized carbons (Fsp3) is 0.103. The zero-order chi connectivity index (χ0) is 41.5. The van der Waals surface area contributed by atoms with Crippen LogP contribution in [-0.2, 0) is 5.41 Å². The van der Waals surface area contributed by atoms with Crippen LogP contribution in [0.3, 0.4) is 0 Å². The van der Waals surface area contributed by atoms with E-state index in [1.54, 1.807) is 0 Å². The normalized spacial score (nSPS) is 13.6. The van der Waals surface area contributed by atoms with E-state index in [0.29, 0.717) is 17.5 Å². The molecule has 0 radical (unpaired) electrons. The summed E-state index contributed by atoms with van der Waals surface area (Å²) in [6.07, 6.45) is 5.96. The third-order valence-electron chi connectivity index (χ3n) is 13.0. The van der Waals surface area contributed by atoms with Crippen molar-refractivity contribution in [3.63, 3.8) is 0 Å². The van der Waals surface area contributed by atoms with Crippen LogP contribution in [0.1, 0.15) is 48.8 Å². The fourth-order valence-electron chi connectivity index (χ4n) is 9.92. The molecule has 2 aliphatic rings. The van der Waals surface area contributed by atoms with Crippen LogP contribution in [0.15, 0.2) is 194 Å². The van der Waals surface area contributed by atoms with E-state index in [0.717, 1.165) is 62.9 Å². The molecule has 8 aromatic carbocycles. The van der Waals surface area contributed by atoms with Gasteiger partial charge in [0.1, 0.15) is 0 Å². The van der Waals surface area contributed by atoms with Crippen LogP contribution in [0.25, 0.3) is 89.8 Å². The van der Waals surface area contributed by atoms with Gasteiger partial charge < -0.3 is 0 Å². The van der Waals surface area contributed by atoms with E-state index in [4.69, 9.17) is 15.0 Å². The van der Waals surface area contributed by atoms with Crippen LogP contribution in [-0.4, -0.2) is 15.0 Å². The highest BCUT2D eigenvalue weighted by Gasteiger charge is 2.44. The molecule has 0 unspecified atom stereocenters. The molecular weight excluding hydrogens is 753 g/mol. The monoisotopic (exact) mass is 794 g/mol. The summed E-state index contributed by atoms with van der Waals surface area (Å²) in [6.45, 7) is 0. The first kappa shape index (κ1) is 37.3. The van der Waals surface area contributed by atoms with Crippen LogP contribution < -0.4 is 0 Å². The molecule has 1 spiro atoms. The van der Waals surface area contributed by atoms with Crippen molar-refractivity contribution >= 4 is 0 Å². The first-order valence-corrected chi connectivity index (χ1v) is 21.6. The number of benzene rings is 8. The Morgan fingerprint density at radius 2 is 0.823 bits per heavy atom. The summed E-state index contributed by atoms with van der Waals surface area (Å²) in [5, 5.41) is 9.88. The summed E-state index contributed by atoms with van der Waals surface area (Å²) in [5.74, 6) is 1.90. The van der Waals surface area contributed by atoms with E-state index >= 15 is 0 Å². The van der Waals surface area contributed by atoms with Crippen LogP contribution in [0.5, 0.6) is 0 Å². The molecule has 62 heavy (non-hydrogen) atoms. The quantitative estimate of drug-likeness (QED) is 0.161. The second kappa shape index (κ2) is 15.7. The summed E-state index contributed by atoms with van der Waals surface area (Å²) in [6, 6.07) is 70.9. The molecule has 294 valence electrons. The van der Waals surface area contributed by atoms with Crippen molar-refractivity contribution in [3.05, 3.63) is 211 Å². The zero-order valence-electron chi connectivity index (χ0n) is 34.3. The number of nitriles is 1. The van der Waals surface area contributed by atoms with E-state index in [1.165, 1.54) is 58.2 Å². The molecule has 1 fully saturated rings. The molecule has 0 saturated heterocycles. The van der Waals surface area contributed by atoms with Crippen molar-refractivity contribution < 1.29 is 0 Å². The van der Waals surface area contributed by atoms with Gasteiger partial charge in [0.15, 0.2) is 17.5 Å². The highest BCUT2D eigenvalue weighted by Crippen LogP contribution is 2.58. The highest BCUT2D eigenvalue weighted by molar-refractivity contribution is 5.94. The van der Waals surface area contributed by atoms with Gasteiger partial charge in [-0.15, -0.1) is 0 Å². The van der Waals surface area contributed by atoms with Crippen LogP contribution >= 0.6 is 0 Å². The van der Waals surface area contributed by atoms with Crippen LogP contribution in [0, 0.1) is 11.3 Å². The zero-order valence-corrected chi connectivity index (χ0v) is 34.3. The maximum Gasteiger partial charge on any atom is 0.164 e. The number of nitrogens with zero attached hydrogens (tertiary/aromatic N) is 4. The number of hydrogen-bond donors (Lipinski definition) is 0. The van der Waals surface area contributed by atoms with E-state index in [-0.39, 0.29) is 5.41 Å². The van der Waals surface area contributed by atoms with E-state index in [9.17, 15) is 5.26 Å². The Labute approximate surface area is 362 Å². The molecule has 1 aromatic heterocycles. The first-order chi connectivity index (χ1) is 30.6. The fourth-order valence-corrected chi connectivity index (χ4v) is 9.92. The Morgan fingerprint density at radius 1 is 0.355 bits per heavy atom. The molecule has 0 N–H and O–H groups in total. The van der Waals surface area contributed by atoms with E-state index in [2.05, 4.69) is 158 Å². The average Bonchev–Trinajstić information content (AvgIpc) is 3.62. The van der Waals surface area contributed by atoms with Crippen LogP contribution in [0.4, 0.5) is 0 Å². The molecule has 4 nitrogen and oxygen atoms in total. The van der Waals surface area contributed by atoms with Crippen molar-refractivity contribution in [3.8, 4) is 95.9 Å². The van der Waals surface area contributed by atoms with Crippen molar-refractivity contribution in [2.24, 2.45) is 0 Å². The third-order valence-corrected chi connectivity index (χ3v) is 13.0. The molecule has 2 aliphatic carbocycles. The minimum atomic E-state index is -0.0214. The summed E-state index contributed by atoms with van der Waals surface area (Å²) in [5.41, 5.74) is 18.2. The largest absolute Gasteiger partial charge is 0.208 e. The summed E-state index contributed by atoms with van der Waals surface area (Å²) < 4.78 is 0. The van der Waals surface area contributed by atoms with Gasteiger partial charge >= 0.3 is 0 Å². The molecule has 0 atom stereocenters. The molecular formula is C58H42N4. The maximum absolute atomic E-state index is 9.88. The average molecular weight is 795 g/mol. The highest BCUT2D eigenvalue weighted by atomic mass is 15.0. The Balaban J connectivity index is 0.945. The third kappa shape index (κ3) is 6.69. The second-order valence-electron chi connectivity index (χ2n) is 16.6. The van der Waals surface area contributed by atoms with Gasteiger partial charge in [-0.05, 0) is 110 Å². The Hall–Kier alpha value is -7.74. The lowest BCUT2D eigenvalue weighted by molar-refractivity contribution is 0.353. The lowest BCUT2D eigenvalue weighted by atomic mass is 9.67. The second-order valence-corrected chi connectivity index (χ2v) is 16.6. The predicted molar refractivity (Wildman–Crippen MR) is 252 cm³/mol. The molecule has 0 aliphatic heterocycles. The lowest BCUT2D eigenvalue weighted by Crippen LogP contribution is -2.28. The van der Waals surface area contributed by atoms with Gasteiger partial charge in [0.2, 0.25) is 0 Å². The summed E-state index contributed by atoms with van der Waals surface area (Å²) in [7, 11) is 0. The number of aromatic nitrogens is 3. The van der Waals surface area contributed by atoms with Gasteiger partial charge in [-0.2, -0.15) is 5.26 Å². The number of hydrogen-bond acceptors (Lipinski definition) is 4. The molecule has 0 bridgehead atoms. The molecule has 9 aromatic rings. The Kier molecular flexibility index (Phi) is 9.44. The maximum atomic E-state index is 9.88. The topological polar surface area (TPSA) is 62.5 Å². The minimum Gasteiger partial charge on any atom is -0.208 e. The van der Waals surface area contributed by atoms with E-state index < -0.39 is 0 Å². The van der Waals surface area contributed by atoms with Crippen molar-refractivity contribution in [2.45, 2.75) is 37.5 Å². The molecule has 1 saturated carbocycles. The standard InChI is InChI=1S/C58H42N4/c59-38-39-26-31-51-53(34-39)58(32-8-3-9-33-58)52-25-13-24-50(54(51)52)48-22-11-20-46(36-48)44-18-10-19-45(35-44)47-21-12-23-49(37-47)57-61-55(42-16-6-2-7-17-42)60-56(62-57)43-29-27-41(28-30-43)40-14-4-1-5-15-40/h1-2,4-7,10-31,34-37H,3,8-9,32-33H2. The molecule has 4 heteroatoms. The Bertz CT molecular complexity index is 3160. The number of rotatable bonds is 7. The van der Waals surface area contributed by atoms with Crippen molar-refractivity contribution in [1.82, 2.24) is 15.0 Å². The number of fused-ring (bicyclic) bond motifs is 5. The Morgan fingerprint density at radius 3 is 1.45 bits per heavy atom. The van der Waals surface area contributed by atoms with Crippen molar-refractivity contribution in [1.29, 1.82) is 5.26 Å². The molecule has 0 amide bonds. The smallest absolute Gasteiger partial charge is 0.164 e.